The fourth-order valence-corrected chi connectivity index (χ4v) is 4.13. The average molecular weight is 552 g/mol. The molecule has 0 unspecified atom stereocenters. The number of carboxylic acids is 4. The van der Waals surface area contributed by atoms with Crippen molar-refractivity contribution in [1.82, 2.24) is 0 Å². The van der Waals surface area contributed by atoms with Gasteiger partial charge in [0.2, 0.25) is 0 Å². The third kappa shape index (κ3) is 16.1. The molecule has 0 fully saturated rings. The summed E-state index contributed by atoms with van der Waals surface area (Å²) in [6.45, 7) is 0. The van der Waals surface area contributed by atoms with Crippen LogP contribution in [0, 0.1) is 0 Å². The third-order valence-electron chi connectivity index (χ3n) is 6.26. The smallest absolute Gasteiger partial charge is 0.331 e. The van der Waals surface area contributed by atoms with Gasteiger partial charge in [-0.3, -0.25) is 0 Å². The summed E-state index contributed by atoms with van der Waals surface area (Å²) >= 11 is 0. The second kappa shape index (κ2) is 20.6. The van der Waals surface area contributed by atoms with Gasteiger partial charge in [0.05, 0.1) is 0 Å². The van der Waals surface area contributed by atoms with Crippen LogP contribution in [0.25, 0.3) is 0 Å². The Labute approximate surface area is 234 Å². The van der Waals surface area contributed by atoms with Gasteiger partial charge in [0.25, 0.3) is 0 Å². The van der Waals surface area contributed by atoms with Gasteiger partial charge in [-0.15, -0.1) is 0 Å². The Balaban J connectivity index is 0.000000463. The minimum atomic E-state index is -0.741. The van der Waals surface area contributed by atoms with E-state index in [1.165, 1.54) is 0 Å². The van der Waals surface area contributed by atoms with Gasteiger partial charge in [-0.2, -0.15) is 0 Å². The van der Waals surface area contributed by atoms with Crippen LogP contribution in [0.2, 0.25) is 0 Å². The van der Waals surface area contributed by atoms with E-state index < -0.39 is 23.9 Å². The molecule has 8 nitrogen and oxygen atoms in total. The van der Waals surface area contributed by atoms with Gasteiger partial charge < -0.3 is 20.4 Å². The van der Waals surface area contributed by atoms with Crippen LogP contribution in [0.15, 0.2) is 46.6 Å². The van der Waals surface area contributed by atoms with E-state index in [9.17, 15) is 19.2 Å². The monoisotopic (exact) mass is 552 g/mol. The fraction of sp³-hybridized carbons (Fsp3) is 0.571. The molecule has 0 saturated heterocycles. The molecule has 204 valence electrons. The van der Waals surface area contributed by atoms with Crippen molar-refractivity contribution < 1.29 is 61.3 Å². The van der Waals surface area contributed by atoms with Gasteiger partial charge >= 0.3 is 23.9 Å². The van der Waals surface area contributed by atoms with Crippen molar-refractivity contribution in [3.05, 3.63) is 46.6 Å². The maximum absolute atomic E-state index is 10.3. The molecule has 0 bridgehead atoms. The van der Waals surface area contributed by atoms with Crippen LogP contribution >= 0.6 is 0 Å². The van der Waals surface area contributed by atoms with E-state index in [4.69, 9.17) is 20.4 Å². The third-order valence-corrected chi connectivity index (χ3v) is 6.26. The molecule has 0 atom stereocenters. The molecule has 0 spiro atoms. The fourth-order valence-electron chi connectivity index (χ4n) is 4.13. The molecule has 4 aliphatic rings. The van der Waals surface area contributed by atoms with Crippen molar-refractivity contribution in [1.29, 1.82) is 0 Å². The summed E-state index contributed by atoms with van der Waals surface area (Å²) < 4.78 is 0. The SMILES string of the molecule is O=C(O)C1=CCCCC1.O=C(O)C1=CCCCC1.O=C(O)C1=CCCCC1.O=C(O)C1=CCCCC1.[Ti]. The number of hydrogen-bond donors (Lipinski definition) is 4. The Hall–Kier alpha value is -2.45. The molecule has 4 rings (SSSR count). The summed E-state index contributed by atoms with van der Waals surface area (Å²) in [5, 5.41) is 33.9. The van der Waals surface area contributed by atoms with Crippen LogP contribution in [-0.4, -0.2) is 44.3 Å². The molecule has 9 heteroatoms. The number of aliphatic carboxylic acids is 4. The Bertz CT molecular complexity index is 739. The summed E-state index contributed by atoms with van der Waals surface area (Å²) in [4.78, 5) is 41.1. The average Bonchev–Trinajstić information content (AvgIpc) is 2.92. The van der Waals surface area contributed by atoms with Crippen molar-refractivity contribution in [2.45, 2.75) is 103 Å². The van der Waals surface area contributed by atoms with Gasteiger partial charge in [-0.05, 0) is 103 Å². The van der Waals surface area contributed by atoms with Crippen LogP contribution < -0.4 is 0 Å². The molecule has 0 aromatic carbocycles. The zero-order chi connectivity index (χ0) is 26.8. The van der Waals surface area contributed by atoms with Crippen LogP contribution in [0.3, 0.4) is 0 Å². The van der Waals surface area contributed by atoms with Gasteiger partial charge in [0, 0.05) is 44.0 Å². The number of rotatable bonds is 4. The first-order valence-electron chi connectivity index (χ1n) is 12.9. The molecule has 4 N–H and O–H groups in total. The normalized spacial score (nSPS) is 18.4. The quantitative estimate of drug-likeness (QED) is 0.298. The Morgan fingerprint density at radius 1 is 0.405 bits per heavy atom. The van der Waals surface area contributed by atoms with E-state index in [1.54, 1.807) is 0 Å². The first-order valence-corrected chi connectivity index (χ1v) is 12.9. The summed E-state index contributed by atoms with van der Waals surface area (Å²) in [7, 11) is 0. The predicted molar refractivity (Wildman–Crippen MR) is 137 cm³/mol. The van der Waals surface area contributed by atoms with Gasteiger partial charge in [0.1, 0.15) is 0 Å². The van der Waals surface area contributed by atoms with Crippen molar-refractivity contribution in [3.63, 3.8) is 0 Å². The first kappa shape index (κ1) is 34.6. The molecule has 0 aromatic rings. The Morgan fingerprint density at radius 2 is 0.595 bits per heavy atom. The summed E-state index contributed by atoms with van der Waals surface area (Å²) in [5.74, 6) is -2.96. The summed E-state index contributed by atoms with van der Waals surface area (Å²) in [6, 6.07) is 0. The van der Waals surface area contributed by atoms with E-state index in [0.717, 1.165) is 103 Å². The molecule has 4 aliphatic carbocycles. The molecular weight excluding hydrogens is 512 g/mol. The minimum absolute atomic E-state index is 0. The van der Waals surface area contributed by atoms with E-state index in [2.05, 4.69) is 0 Å². The maximum atomic E-state index is 10.3. The molecule has 0 saturated carbocycles. The van der Waals surface area contributed by atoms with Gasteiger partial charge in [-0.25, -0.2) is 19.2 Å². The van der Waals surface area contributed by atoms with Crippen molar-refractivity contribution in [2.24, 2.45) is 0 Å². The second-order valence-electron chi connectivity index (χ2n) is 9.12. The summed E-state index contributed by atoms with van der Waals surface area (Å²) in [5.41, 5.74) is 2.39. The van der Waals surface area contributed by atoms with Crippen LogP contribution in [0.4, 0.5) is 0 Å². The van der Waals surface area contributed by atoms with Crippen molar-refractivity contribution in [3.8, 4) is 0 Å². The van der Waals surface area contributed by atoms with Crippen molar-refractivity contribution in [2.75, 3.05) is 0 Å². The number of carboxylic acid groups (broad SMARTS) is 4. The van der Waals surface area contributed by atoms with E-state index in [-0.39, 0.29) is 21.7 Å². The standard InChI is InChI=1S/4C7H10O2.Ti/c4*8-7(9)6-4-2-1-3-5-6;/h4*4H,1-3,5H2,(H,8,9);. The topological polar surface area (TPSA) is 149 Å². The zero-order valence-corrected chi connectivity index (χ0v) is 23.1. The van der Waals surface area contributed by atoms with Crippen molar-refractivity contribution >= 4 is 23.9 Å². The van der Waals surface area contributed by atoms with Crippen LogP contribution in [0.5, 0.6) is 0 Å². The molecule has 0 radical (unpaired) electrons. The molecular formula is C28H40O8Ti. The Morgan fingerprint density at radius 3 is 0.676 bits per heavy atom. The maximum Gasteiger partial charge on any atom is 0.331 e. The zero-order valence-electron chi connectivity index (χ0n) is 21.5. The molecule has 0 aromatic heterocycles. The van der Waals surface area contributed by atoms with Gasteiger partial charge in [0.15, 0.2) is 0 Å². The Kier molecular flexibility index (Phi) is 19.2. The number of carbonyl (C=O) groups is 4. The minimum Gasteiger partial charge on any atom is -0.478 e. The number of allylic oxidation sites excluding steroid dienone is 4. The molecule has 0 aliphatic heterocycles. The van der Waals surface area contributed by atoms with Crippen LogP contribution in [0.1, 0.15) is 103 Å². The second-order valence-corrected chi connectivity index (χ2v) is 9.12. The van der Waals surface area contributed by atoms with E-state index in [0.29, 0.717) is 22.3 Å². The molecule has 0 heterocycles. The summed E-state index contributed by atoms with van der Waals surface area (Å²) in [6.07, 6.45) is 22.9. The van der Waals surface area contributed by atoms with E-state index in [1.807, 2.05) is 24.3 Å². The first-order chi connectivity index (χ1) is 17.2. The number of hydrogen-bond acceptors (Lipinski definition) is 4. The van der Waals surface area contributed by atoms with Gasteiger partial charge in [-0.1, -0.05) is 24.3 Å². The molecule has 37 heavy (non-hydrogen) atoms. The predicted octanol–water partition coefficient (Wildman–Crippen LogP) is 6.28. The largest absolute Gasteiger partial charge is 0.478 e. The van der Waals surface area contributed by atoms with Crippen LogP contribution in [-0.2, 0) is 40.9 Å². The molecule has 0 amide bonds. The van der Waals surface area contributed by atoms with E-state index >= 15 is 0 Å².